The van der Waals surface area contributed by atoms with Crippen LogP contribution in [-0.2, 0) is 19.6 Å². The summed E-state index contributed by atoms with van der Waals surface area (Å²) in [7, 11) is 0. The summed E-state index contributed by atoms with van der Waals surface area (Å²) in [6.07, 6.45) is 1.69. The zero-order valence-corrected chi connectivity index (χ0v) is 18.4. The van der Waals surface area contributed by atoms with Gasteiger partial charge >= 0.3 is 0 Å². The van der Waals surface area contributed by atoms with Crippen molar-refractivity contribution in [3.8, 4) is 0 Å². The van der Waals surface area contributed by atoms with Gasteiger partial charge < -0.3 is 0 Å². The Balaban J connectivity index is 2.86. The minimum absolute atomic E-state index is 0.0409. The van der Waals surface area contributed by atoms with Gasteiger partial charge in [0.1, 0.15) is 23.4 Å². The lowest BCUT2D eigenvalue weighted by atomic mass is 9.69. The highest BCUT2D eigenvalue weighted by Crippen LogP contribution is 2.43. The second-order valence-corrected chi connectivity index (χ2v) is 10.4. The molecule has 1 aliphatic carbocycles. The van der Waals surface area contributed by atoms with E-state index in [1.165, 1.54) is 0 Å². The molecule has 1 saturated carbocycles. The minimum Gasteiger partial charge on any atom is -0.230 e. The van der Waals surface area contributed by atoms with Crippen molar-refractivity contribution in [3.05, 3.63) is 0 Å². The van der Waals surface area contributed by atoms with Crippen LogP contribution in [0.15, 0.2) is 0 Å². The molecule has 3 unspecified atom stereocenters. The Morgan fingerprint density at radius 1 is 0.840 bits per heavy atom. The maximum atomic E-state index is 6.01. The highest BCUT2D eigenvalue weighted by Gasteiger charge is 2.46. The summed E-state index contributed by atoms with van der Waals surface area (Å²) in [4.78, 5) is 23.7. The fraction of sp³-hybridized carbons (Fsp3) is 1.00. The van der Waals surface area contributed by atoms with Gasteiger partial charge in [-0.15, -0.1) is 0 Å². The van der Waals surface area contributed by atoms with Crippen LogP contribution in [0.5, 0.6) is 0 Å². The van der Waals surface area contributed by atoms with E-state index in [4.69, 9.17) is 19.6 Å². The first-order valence-electron chi connectivity index (χ1n) is 9.88. The molecule has 0 aliphatic heterocycles. The van der Waals surface area contributed by atoms with Crippen LogP contribution in [0.4, 0.5) is 0 Å². The van der Waals surface area contributed by atoms with E-state index in [0.29, 0.717) is 17.8 Å². The first kappa shape index (κ1) is 22.9. The van der Waals surface area contributed by atoms with Gasteiger partial charge in [-0.1, -0.05) is 48.5 Å². The molecule has 4 heteroatoms. The van der Waals surface area contributed by atoms with Crippen LogP contribution >= 0.6 is 0 Å². The van der Waals surface area contributed by atoms with Crippen LogP contribution in [-0.4, -0.2) is 23.4 Å². The molecule has 4 nitrogen and oxygen atoms in total. The molecule has 0 aromatic rings. The van der Waals surface area contributed by atoms with Gasteiger partial charge in [0, 0.05) is 0 Å². The second-order valence-electron chi connectivity index (χ2n) is 10.4. The van der Waals surface area contributed by atoms with E-state index in [0.717, 1.165) is 12.8 Å². The Hall–Kier alpha value is -0.160. The average molecular weight is 359 g/mol. The summed E-state index contributed by atoms with van der Waals surface area (Å²) in [6.45, 7) is 23.5. The summed E-state index contributed by atoms with van der Waals surface area (Å²) < 4.78 is 0. The van der Waals surface area contributed by atoms with E-state index < -0.39 is 0 Å². The highest BCUT2D eigenvalue weighted by atomic mass is 17.2. The van der Waals surface area contributed by atoms with Gasteiger partial charge in [0.2, 0.25) is 0 Å². The molecule has 0 spiro atoms. The summed E-state index contributed by atoms with van der Waals surface area (Å²) in [5.41, 5.74) is -0.726. The van der Waals surface area contributed by atoms with E-state index in [2.05, 4.69) is 76.2 Å². The minimum atomic E-state index is -0.345. The van der Waals surface area contributed by atoms with Crippen molar-refractivity contribution in [2.24, 2.45) is 23.2 Å². The average Bonchev–Trinajstić information content (AvgIpc) is 2.42. The fourth-order valence-corrected chi connectivity index (χ4v) is 2.96. The second kappa shape index (κ2) is 8.24. The van der Waals surface area contributed by atoms with Crippen molar-refractivity contribution < 1.29 is 19.6 Å². The molecular formula is C21H42O4. The molecule has 1 aliphatic rings. The first-order chi connectivity index (χ1) is 11.2. The Morgan fingerprint density at radius 2 is 1.28 bits per heavy atom. The highest BCUT2D eigenvalue weighted by molar-refractivity contribution is 4.92. The molecular weight excluding hydrogens is 316 g/mol. The number of hydrogen-bond donors (Lipinski definition) is 0. The predicted molar refractivity (Wildman–Crippen MR) is 102 cm³/mol. The van der Waals surface area contributed by atoms with Crippen molar-refractivity contribution in [1.29, 1.82) is 0 Å². The van der Waals surface area contributed by atoms with Crippen molar-refractivity contribution in [1.82, 2.24) is 0 Å². The lowest BCUT2D eigenvalue weighted by Crippen LogP contribution is -2.51. The summed E-state index contributed by atoms with van der Waals surface area (Å²) in [5.74, 6) is 1.27. The monoisotopic (exact) mass is 358 g/mol. The predicted octanol–water partition coefficient (Wildman–Crippen LogP) is 5.95. The van der Waals surface area contributed by atoms with Gasteiger partial charge in [0.25, 0.3) is 0 Å². The third-order valence-corrected chi connectivity index (χ3v) is 6.15. The van der Waals surface area contributed by atoms with Crippen LogP contribution in [0.1, 0.15) is 89.0 Å². The van der Waals surface area contributed by atoms with Gasteiger partial charge in [-0.3, -0.25) is 0 Å². The van der Waals surface area contributed by atoms with E-state index in [9.17, 15) is 0 Å². The van der Waals surface area contributed by atoms with Crippen molar-refractivity contribution in [2.75, 3.05) is 0 Å². The third kappa shape index (κ3) is 6.20. The molecule has 0 bridgehead atoms. The number of rotatable bonds is 8. The van der Waals surface area contributed by atoms with Crippen molar-refractivity contribution in [2.45, 2.75) is 112 Å². The van der Waals surface area contributed by atoms with Gasteiger partial charge in [-0.05, 0) is 63.7 Å². The Bertz CT molecular complexity index is 412. The van der Waals surface area contributed by atoms with Gasteiger partial charge in [0.15, 0.2) is 0 Å². The topological polar surface area (TPSA) is 36.9 Å². The number of hydrogen-bond acceptors (Lipinski definition) is 4. The van der Waals surface area contributed by atoms with Crippen LogP contribution in [0, 0.1) is 23.2 Å². The standard InChI is InChI=1S/C21H42O4/c1-14(2)20(8,9)24-22-17-12-16(5)13-19(6,7)18(17)23-25-21(10,11)15(3)4/h14-18H,12-13H2,1-11H3. The lowest BCUT2D eigenvalue weighted by molar-refractivity contribution is -0.456. The summed E-state index contributed by atoms with van der Waals surface area (Å²) in [5, 5.41) is 0. The molecule has 1 fully saturated rings. The fourth-order valence-electron chi connectivity index (χ4n) is 2.96. The Labute approximate surface area is 155 Å². The lowest BCUT2D eigenvalue weighted by Gasteiger charge is -2.46. The van der Waals surface area contributed by atoms with E-state index in [1.54, 1.807) is 0 Å². The molecule has 0 saturated heterocycles. The molecule has 0 aromatic carbocycles. The molecule has 0 radical (unpaired) electrons. The van der Waals surface area contributed by atoms with E-state index in [-0.39, 0.29) is 28.8 Å². The molecule has 25 heavy (non-hydrogen) atoms. The molecule has 0 aromatic heterocycles. The normalized spacial score (nSPS) is 28.0. The SMILES string of the molecule is CC1CC(OOC(C)(C)C(C)C)C(OOC(C)(C)C(C)C)C(C)(C)C1. The zero-order chi connectivity index (χ0) is 19.6. The van der Waals surface area contributed by atoms with E-state index >= 15 is 0 Å². The van der Waals surface area contributed by atoms with Gasteiger partial charge in [0.05, 0.1) is 0 Å². The zero-order valence-electron chi connectivity index (χ0n) is 18.4. The molecule has 0 amide bonds. The van der Waals surface area contributed by atoms with E-state index in [1.807, 2.05) is 0 Å². The first-order valence-corrected chi connectivity index (χ1v) is 9.88. The van der Waals surface area contributed by atoms with Crippen LogP contribution < -0.4 is 0 Å². The molecule has 1 rings (SSSR count). The molecule has 0 N–H and O–H groups in total. The summed E-state index contributed by atoms with van der Waals surface area (Å²) in [6, 6.07) is 0. The van der Waals surface area contributed by atoms with Crippen LogP contribution in [0.2, 0.25) is 0 Å². The quantitative estimate of drug-likeness (QED) is 0.397. The maximum Gasteiger partial charge on any atom is 0.127 e. The summed E-state index contributed by atoms with van der Waals surface area (Å²) >= 11 is 0. The Morgan fingerprint density at radius 3 is 1.72 bits per heavy atom. The molecule has 3 atom stereocenters. The third-order valence-electron chi connectivity index (χ3n) is 6.15. The Kier molecular flexibility index (Phi) is 7.55. The van der Waals surface area contributed by atoms with Crippen molar-refractivity contribution >= 4 is 0 Å². The molecule has 150 valence electrons. The smallest absolute Gasteiger partial charge is 0.127 e. The van der Waals surface area contributed by atoms with Gasteiger partial charge in [-0.25, -0.2) is 19.6 Å². The van der Waals surface area contributed by atoms with Crippen LogP contribution in [0.25, 0.3) is 0 Å². The van der Waals surface area contributed by atoms with Crippen LogP contribution in [0.3, 0.4) is 0 Å². The van der Waals surface area contributed by atoms with Crippen molar-refractivity contribution in [3.63, 3.8) is 0 Å². The molecule has 0 heterocycles. The largest absolute Gasteiger partial charge is 0.230 e. The van der Waals surface area contributed by atoms with Gasteiger partial charge in [-0.2, -0.15) is 0 Å². The maximum absolute atomic E-state index is 6.01.